The van der Waals surface area contributed by atoms with Crippen LogP contribution in [0.2, 0.25) is 0 Å². The number of hydrogen-bond acceptors (Lipinski definition) is 6. The summed E-state index contributed by atoms with van der Waals surface area (Å²) in [6.07, 6.45) is 4.80. The van der Waals surface area contributed by atoms with E-state index in [0.29, 0.717) is 23.2 Å². The number of thiocarbonyl (C=S) groups is 1. The van der Waals surface area contributed by atoms with Gasteiger partial charge in [0.1, 0.15) is 0 Å². The molecule has 3 N–H and O–H groups in total. The van der Waals surface area contributed by atoms with E-state index < -0.39 is 10.0 Å². The van der Waals surface area contributed by atoms with E-state index in [4.69, 9.17) is 12.2 Å². The van der Waals surface area contributed by atoms with Gasteiger partial charge < -0.3 is 10.6 Å². The van der Waals surface area contributed by atoms with Crippen molar-refractivity contribution in [1.82, 2.24) is 19.7 Å². The monoisotopic (exact) mass is 515 g/mol. The Kier molecular flexibility index (Phi) is 6.56. The van der Waals surface area contributed by atoms with Crippen LogP contribution in [0.25, 0.3) is 10.8 Å². The molecular weight excluding hydrogens is 494 g/mol. The highest BCUT2D eigenvalue weighted by Crippen LogP contribution is 2.20. The molecule has 2 heterocycles. The van der Waals surface area contributed by atoms with Crippen molar-refractivity contribution >= 4 is 55.6 Å². The van der Waals surface area contributed by atoms with Gasteiger partial charge in [-0.25, -0.2) is 23.1 Å². The Labute approximate surface area is 213 Å². The zero-order valence-corrected chi connectivity index (χ0v) is 20.5. The van der Waals surface area contributed by atoms with E-state index in [-0.39, 0.29) is 10.8 Å². The fourth-order valence-electron chi connectivity index (χ4n) is 3.65. The first-order chi connectivity index (χ1) is 17.5. The number of hydrogen-bond donors (Lipinski definition) is 3. The van der Waals surface area contributed by atoms with Crippen molar-refractivity contribution < 1.29 is 8.42 Å². The fraction of sp³-hybridized carbons (Fsp3) is 0.0400. The normalized spacial score (nSPS) is 11.2. The second kappa shape index (κ2) is 10.1. The second-order valence-corrected chi connectivity index (χ2v) is 9.91. The topological polar surface area (TPSA) is 114 Å². The van der Waals surface area contributed by atoms with E-state index in [0.717, 1.165) is 0 Å². The van der Waals surface area contributed by atoms with Crippen LogP contribution >= 0.6 is 12.2 Å². The number of nitrogens with one attached hydrogen (secondary N) is 3. The molecule has 5 rings (SSSR count). The van der Waals surface area contributed by atoms with E-state index in [2.05, 4.69) is 54.7 Å². The molecule has 180 valence electrons. The number of nitrogens with zero attached hydrogens (tertiary/aromatic N) is 4. The molecule has 36 heavy (non-hydrogen) atoms. The van der Waals surface area contributed by atoms with Gasteiger partial charge in [-0.1, -0.05) is 42.5 Å². The van der Waals surface area contributed by atoms with Crippen LogP contribution in [-0.2, 0) is 16.6 Å². The molecule has 11 heteroatoms. The third kappa shape index (κ3) is 5.48. The first-order valence-corrected chi connectivity index (χ1v) is 12.8. The van der Waals surface area contributed by atoms with Gasteiger partial charge in [0, 0.05) is 30.3 Å². The van der Waals surface area contributed by atoms with Gasteiger partial charge >= 0.3 is 0 Å². The lowest BCUT2D eigenvalue weighted by molar-refractivity contribution is 0.601. The molecule has 0 spiro atoms. The summed E-state index contributed by atoms with van der Waals surface area (Å²) in [6.45, 7) is 0.626. The van der Waals surface area contributed by atoms with Crippen LogP contribution in [0.3, 0.4) is 0 Å². The van der Waals surface area contributed by atoms with E-state index in [1.54, 1.807) is 18.2 Å². The van der Waals surface area contributed by atoms with Crippen LogP contribution in [0.4, 0.5) is 17.5 Å². The van der Waals surface area contributed by atoms with Gasteiger partial charge in [-0.15, -0.1) is 0 Å². The molecule has 0 aliphatic carbocycles. The Balaban J connectivity index is 1.20. The minimum Gasteiger partial charge on any atom is -0.332 e. The first-order valence-electron chi connectivity index (χ1n) is 10.9. The van der Waals surface area contributed by atoms with Crippen LogP contribution in [0.1, 0.15) is 5.56 Å². The molecule has 3 aromatic carbocycles. The summed E-state index contributed by atoms with van der Waals surface area (Å²) in [4.78, 5) is 7.83. The standard InChI is InChI=1S/C25H21N7O2S2/c33-36(34,31-24-26-14-4-15-27-24)21-11-9-20(10-12-21)28-25(35)29-23-13-16-32(30-23)17-19-7-3-6-18-5-1-2-8-22(18)19/h1-16H,17H2,(H,26,27,31)(H2,28,29,30,35). The number of rotatable bonds is 7. The number of benzene rings is 3. The van der Waals surface area contributed by atoms with Crippen molar-refractivity contribution in [3.63, 3.8) is 0 Å². The molecule has 0 atom stereocenters. The van der Waals surface area contributed by atoms with E-state index in [1.807, 2.05) is 35.1 Å². The molecule has 5 aromatic rings. The molecule has 0 saturated carbocycles. The van der Waals surface area contributed by atoms with Crippen molar-refractivity contribution in [2.24, 2.45) is 0 Å². The Morgan fingerprint density at radius 3 is 2.42 bits per heavy atom. The lowest BCUT2D eigenvalue weighted by atomic mass is 10.0. The molecule has 0 amide bonds. The molecule has 0 aliphatic heterocycles. The lowest BCUT2D eigenvalue weighted by Crippen LogP contribution is -2.20. The average molecular weight is 516 g/mol. The predicted molar refractivity (Wildman–Crippen MR) is 144 cm³/mol. The van der Waals surface area contributed by atoms with E-state index in [9.17, 15) is 8.42 Å². The van der Waals surface area contributed by atoms with Gasteiger partial charge in [0.2, 0.25) is 5.95 Å². The quantitative estimate of drug-likeness (QED) is 0.272. The largest absolute Gasteiger partial charge is 0.332 e. The maximum absolute atomic E-state index is 12.5. The molecule has 0 bridgehead atoms. The van der Waals surface area contributed by atoms with Gasteiger partial charge in [-0.2, -0.15) is 5.10 Å². The Morgan fingerprint density at radius 1 is 0.861 bits per heavy atom. The molecular formula is C25H21N7O2S2. The summed E-state index contributed by atoms with van der Waals surface area (Å²) in [6, 6.07) is 24.1. The maximum atomic E-state index is 12.5. The van der Waals surface area contributed by atoms with Crippen LogP contribution in [0, 0.1) is 0 Å². The lowest BCUT2D eigenvalue weighted by Gasteiger charge is -2.10. The third-order valence-corrected chi connectivity index (χ3v) is 6.86. The number of fused-ring (bicyclic) bond motifs is 1. The highest BCUT2D eigenvalue weighted by molar-refractivity contribution is 7.92. The van der Waals surface area contributed by atoms with Gasteiger partial charge in [0.25, 0.3) is 10.0 Å². The van der Waals surface area contributed by atoms with Crippen LogP contribution in [-0.4, -0.2) is 33.3 Å². The summed E-state index contributed by atoms with van der Waals surface area (Å²) in [5.74, 6) is 0.601. The molecule has 0 saturated heterocycles. The van der Waals surface area contributed by atoms with Crippen molar-refractivity contribution in [1.29, 1.82) is 0 Å². The molecule has 0 fully saturated rings. The minimum absolute atomic E-state index is 0.00460. The van der Waals surface area contributed by atoms with Crippen LogP contribution in [0.5, 0.6) is 0 Å². The van der Waals surface area contributed by atoms with Gasteiger partial charge in [0.05, 0.1) is 11.4 Å². The van der Waals surface area contributed by atoms with Crippen molar-refractivity contribution in [2.75, 3.05) is 15.4 Å². The zero-order chi connectivity index (χ0) is 25.0. The molecule has 0 radical (unpaired) electrons. The van der Waals surface area contributed by atoms with Crippen molar-refractivity contribution in [3.05, 3.63) is 103 Å². The molecule has 0 aliphatic rings. The maximum Gasteiger partial charge on any atom is 0.264 e. The van der Waals surface area contributed by atoms with E-state index >= 15 is 0 Å². The molecule has 2 aromatic heterocycles. The number of aromatic nitrogens is 4. The van der Waals surface area contributed by atoms with Gasteiger partial charge in [-0.05, 0) is 58.9 Å². The molecule has 0 unspecified atom stereocenters. The molecule has 9 nitrogen and oxygen atoms in total. The Hall–Kier alpha value is -4.35. The van der Waals surface area contributed by atoms with Crippen LogP contribution in [0.15, 0.2) is 102 Å². The number of sulfonamides is 1. The Bertz CT molecular complexity index is 1610. The summed E-state index contributed by atoms with van der Waals surface area (Å²) >= 11 is 5.39. The third-order valence-electron chi connectivity index (χ3n) is 5.31. The highest BCUT2D eigenvalue weighted by atomic mass is 32.2. The fourth-order valence-corrected chi connectivity index (χ4v) is 4.83. The smallest absolute Gasteiger partial charge is 0.264 e. The summed E-state index contributed by atoms with van der Waals surface area (Å²) in [5, 5.41) is 13.4. The first kappa shape index (κ1) is 23.4. The highest BCUT2D eigenvalue weighted by Gasteiger charge is 2.15. The average Bonchev–Trinajstić information content (AvgIpc) is 3.31. The Morgan fingerprint density at radius 2 is 1.61 bits per heavy atom. The van der Waals surface area contributed by atoms with Crippen molar-refractivity contribution in [2.45, 2.75) is 11.4 Å². The minimum atomic E-state index is -3.81. The van der Waals surface area contributed by atoms with Gasteiger partial charge in [0.15, 0.2) is 10.9 Å². The summed E-state index contributed by atoms with van der Waals surface area (Å²) < 4.78 is 29.2. The summed E-state index contributed by atoms with van der Waals surface area (Å²) in [7, 11) is -3.81. The van der Waals surface area contributed by atoms with Crippen molar-refractivity contribution in [3.8, 4) is 0 Å². The van der Waals surface area contributed by atoms with Crippen LogP contribution < -0.4 is 15.4 Å². The van der Waals surface area contributed by atoms with E-state index in [1.165, 1.54) is 40.9 Å². The number of anilines is 3. The zero-order valence-electron chi connectivity index (χ0n) is 18.9. The van der Waals surface area contributed by atoms with Gasteiger partial charge in [-0.3, -0.25) is 4.68 Å². The SMILES string of the molecule is O=S(=O)(Nc1ncccn1)c1ccc(NC(=S)Nc2ccn(Cc3cccc4ccccc34)n2)cc1. The second-order valence-electron chi connectivity index (χ2n) is 7.82. The predicted octanol–water partition coefficient (Wildman–Crippen LogP) is 4.48. The summed E-state index contributed by atoms with van der Waals surface area (Å²) in [5.41, 5.74) is 1.80.